The number of nitrogens with zero attached hydrogens (tertiary/aromatic N) is 1. The average Bonchev–Trinajstić information content (AvgIpc) is 2.16. The molecule has 1 unspecified atom stereocenters. The molecule has 0 bridgehead atoms. The van der Waals surface area contributed by atoms with E-state index in [0.29, 0.717) is 6.54 Å². The van der Waals surface area contributed by atoms with E-state index in [4.69, 9.17) is 0 Å². The van der Waals surface area contributed by atoms with Gasteiger partial charge in [-0.3, -0.25) is 0 Å². The van der Waals surface area contributed by atoms with E-state index >= 15 is 0 Å². The maximum atomic E-state index is 11.5. The van der Waals surface area contributed by atoms with Crippen LogP contribution in [0.25, 0.3) is 0 Å². The van der Waals surface area contributed by atoms with E-state index in [2.05, 4.69) is 17.0 Å². The van der Waals surface area contributed by atoms with E-state index < -0.39 is 10.2 Å². The fraction of sp³-hybridized carbons (Fsp3) is 1.00. The summed E-state index contributed by atoms with van der Waals surface area (Å²) >= 11 is 0. The minimum atomic E-state index is -3.28. The molecular formula is C9H21N3O2S. The van der Waals surface area contributed by atoms with E-state index in [9.17, 15) is 8.42 Å². The number of hydrogen-bond donors (Lipinski definition) is 2. The Morgan fingerprint density at radius 1 is 1.47 bits per heavy atom. The van der Waals surface area contributed by atoms with Crippen LogP contribution in [0.5, 0.6) is 0 Å². The highest BCUT2D eigenvalue weighted by Crippen LogP contribution is 2.24. The number of rotatable bonds is 4. The Morgan fingerprint density at radius 3 is 2.60 bits per heavy atom. The summed E-state index contributed by atoms with van der Waals surface area (Å²) in [6.45, 7) is 4.52. The van der Waals surface area contributed by atoms with Crippen LogP contribution in [0.15, 0.2) is 0 Å². The Balaban J connectivity index is 2.48. The van der Waals surface area contributed by atoms with Crippen LogP contribution in [-0.4, -0.2) is 46.5 Å². The fourth-order valence-corrected chi connectivity index (χ4v) is 2.45. The van der Waals surface area contributed by atoms with Crippen molar-refractivity contribution >= 4 is 10.2 Å². The third-order valence-corrected chi connectivity index (χ3v) is 4.32. The van der Waals surface area contributed by atoms with Crippen LogP contribution in [0.4, 0.5) is 0 Å². The van der Waals surface area contributed by atoms with Crippen molar-refractivity contribution in [2.75, 3.05) is 33.7 Å². The first-order valence-electron chi connectivity index (χ1n) is 5.24. The lowest BCUT2D eigenvalue weighted by molar-refractivity contribution is 0.237. The van der Waals surface area contributed by atoms with Crippen molar-refractivity contribution < 1.29 is 8.42 Å². The maximum Gasteiger partial charge on any atom is 0.278 e. The number of piperidine rings is 1. The number of nitrogens with one attached hydrogen (secondary N) is 2. The summed E-state index contributed by atoms with van der Waals surface area (Å²) in [5.74, 6) is 0. The van der Waals surface area contributed by atoms with E-state index in [-0.39, 0.29) is 5.41 Å². The molecule has 1 aliphatic heterocycles. The number of hydrogen-bond acceptors (Lipinski definition) is 3. The Labute approximate surface area is 92.4 Å². The maximum absolute atomic E-state index is 11.5. The molecule has 0 aliphatic carbocycles. The minimum absolute atomic E-state index is 0.0430. The van der Waals surface area contributed by atoms with Crippen molar-refractivity contribution in [1.82, 2.24) is 14.3 Å². The van der Waals surface area contributed by atoms with Crippen LogP contribution >= 0.6 is 0 Å². The van der Waals surface area contributed by atoms with Crippen molar-refractivity contribution in [2.45, 2.75) is 19.8 Å². The normalized spacial score (nSPS) is 28.3. The zero-order valence-electron chi connectivity index (χ0n) is 9.71. The predicted molar refractivity (Wildman–Crippen MR) is 60.8 cm³/mol. The van der Waals surface area contributed by atoms with Gasteiger partial charge in [-0.2, -0.15) is 12.7 Å². The van der Waals surface area contributed by atoms with Gasteiger partial charge in [0.25, 0.3) is 10.2 Å². The van der Waals surface area contributed by atoms with Gasteiger partial charge in [-0.25, -0.2) is 4.72 Å². The van der Waals surface area contributed by atoms with Gasteiger partial charge in [0.15, 0.2) is 0 Å². The van der Waals surface area contributed by atoms with Gasteiger partial charge in [-0.15, -0.1) is 0 Å². The quantitative estimate of drug-likeness (QED) is 0.708. The second kappa shape index (κ2) is 4.78. The summed E-state index contributed by atoms with van der Waals surface area (Å²) < 4.78 is 26.8. The lowest BCUT2D eigenvalue weighted by Crippen LogP contribution is -2.47. The van der Waals surface area contributed by atoms with E-state index in [1.54, 1.807) is 0 Å². The van der Waals surface area contributed by atoms with Crippen molar-refractivity contribution in [3.05, 3.63) is 0 Å². The lowest BCUT2D eigenvalue weighted by Gasteiger charge is -2.34. The Bertz CT molecular complexity index is 294. The molecule has 1 rings (SSSR count). The summed E-state index contributed by atoms with van der Waals surface area (Å²) in [6.07, 6.45) is 2.18. The highest BCUT2D eigenvalue weighted by molar-refractivity contribution is 7.87. The Kier molecular flexibility index (Phi) is 4.11. The molecule has 6 heteroatoms. The molecule has 0 saturated carbocycles. The molecular weight excluding hydrogens is 214 g/mol. The minimum Gasteiger partial charge on any atom is -0.316 e. The first-order chi connectivity index (χ1) is 6.86. The molecule has 1 atom stereocenters. The third kappa shape index (κ3) is 3.71. The molecule has 1 saturated heterocycles. The molecule has 0 aromatic heterocycles. The predicted octanol–water partition coefficient (Wildman–Crippen LogP) is -0.228. The fourth-order valence-electron chi connectivity index (χ4n) is 1.66. The van der Waals surface area contributed by atoms with Gasteiger partial charge in [0, 0.05) is 27.2 Å². The topological polar surface area (TPSA) is 61.4 Å². The van der Waals surface area contributed by atoms with Gasteiger partial charge in [-0.1, -0.05) is 6.92 Å². The summed E-state index contributed by atoms with van der Waals surface area (Å²) in [6, 6.07) is 0. The standard InChI is InChI=1S/C9H21N3O2S/c1-9(5-4-6-10-7-9)8-11-15(13,14)12(2)3/h10-11H,4-8H2,1-3H3. The van der Waals surface area contributed by atoms with Gasteiger partial charge >= 0.3 is 0 Å². The average molecular weight is 235 g/mol. The van der Waals surface area contributed by atoms with E-state index in [0.717, 1.165) is 25.9 Å². The molecule has 1 heterocycles. The Morgan fingerprint density at radius 2 is 2.13 bits per heavy atom. The molecule has 2 N–H and O–H groups in total. The van der Waals surface area contributed by atoms with Crippen LogP contribution in [-0.2, 0) is 10.2 Å². The molecule has 0 aromatic carbocycles. The Hall–Kier alpha value is -0.170. The molecule has 90 valence electrons. The van der Waals surface area contributed by atoms with Crippen LogP contribution < -0.4 is 10.0 Å². The highest BCUT2D eigenvalue weighted by atomic mass is 32.2. The second-order valence-corrected chi connectivity index (χ2v) is 6.67. The van der Waals surface area contributed by atoms with Crippen LogP contribution in [0.2, 0.25) is 0 Å². The molecule has 15 heavy (non-hydrogen) atoms. The summed E-state index contributed by atoms with van der Waals surface area (Å²) in [5.41, 5.74) is 0.0430. The van der Waals surface area contributed by atoms with Crippen molar-refractivity contribution in [3.63, 3.8) is 0 Å². The zero-order chi connectivity index (χ0) is 11.5. The molecule has 0 spiro atoms. The summed E-state index contributed by atoms with van der Waals surface area (Å²) in [7, 11) is -0.217. The first kappa shape index (κ1) is 12.9. The van der Waals surface area contributed by atoms with Crippen LogP contribution in [0.1, 0.15) is 19.8 Å². The molecule has 5 nitrogen and oxygen atoms in total. The van der Waals surface area contributed by atoms with Gasteiger partial charge in [0.2, 0.25) is 0 Å². The molecule has 0 amide bonds. The largest absolute Gasteiger partial charge is 0.316 e. The van der Waals surface area contributed by atoms with Crippen molar-refractivity contribution in [2.24, 2.45) is 5.41 Å². The molecule has 0 aromatic rings. The lowest BCUT2D eigenvalue weighted by atomic mass is 9.83. The molecule has 0 radical (unpaired) electrons. The van der Waals surface area contributed by atoms with Crippen LogP contribution in [0, 0.1) is 5.41 Å². The third-order valence-electron chi connectivity index (χ3n) is 2.85. The van der Waals surface area contributed by atoms with Crippen molar-refractivity contribution in [1.29, 1.82) is 0 Å². The van der Waals surface area contributed by atoms with Gasteiger partial charge in [0.05, 0.1) is 0 Å². The van der Waals surface area contributed by atoms with Crippen molar-refractivity contribution in [3.8, 4) is 0 Å². The van der Waals surface area contributed by atoms with E-state index in [1.807, 2.05) is 0 Å². The molecule has 1 fully saturated rings. The summed E-state index contributed by atoms with van der Waals surface area (Å²) in [5, 5.41) is 3.29. The highest BCUT2D eigenvalue weighted by Gasteiger charge is 2.28. The van der Waals surface area contributed by atoms with Crippen LogP contribution in [0.3, 0.4) is 0 Å². The van der Waals surface area contributed by atoms with Gasteiger partial charge in [-0.05, 0) is 24.8 Å². The SMILES string of the molecule is CN(C)S(=O)(=O)NCC1(C)CCCNC1. The molecule has 1 aliphatic rings. The smallest absolute Gasteiger partial charge is 0.278 e. The van der Waals surface area contributed by atoms with Gasteiger partial charge < -0.3 is 5.32 Å². The van der Waals surface area contributed by atoms with E-state index in [1.165, 1.54) is 18.4 Å². The zero-order valence-corrected chi connectivity index (χ0v) is 10.5. The summed E-state index contributed by atoms with van der Waals surface area (Å²) in [4.78, 5) is 0. The first-order valence-corrected chi connectivity index (χ1v) is 6.68. The monoisotopic (exact) mass is 235 g/mol. The second-order valence-electron chi connectivity index (χ2n) is 4.70. The van der Waals surface area contributed by atoms with Gasteiger partial charge in [0.1, 0.15) is 0 Å².